The number of anilines is 4. The Morgan fingerprint density at radius 3 is 2.38 bits per heavy atom. The van der Waals surface area contributed by atoms with E-state index in [1.54, 1.807) is 25.4 Å². The van der Waals surface area contributed by atoms with E-state index in [9.17, 15) is 4.79 Å². The van der Waals surface area contributed by atoms with Crippen LogP contribution in [-0.2, 0) is 0 Å². The summed E-state index contributed by atoms with van der Waals surface area (Å²) >= 11 is 0. The lowest BCUT2D eigenvalue weighted by molar-refractivity contribution is 0.101. The number of aromatic nitrogens is 2. The number of ketones is 1. The summed E-state index contributed by atoms with van der Waals surface area (Å²) < 4.78 is 0. The third kappa shape index (κ3) is 3.64. The van der Waals surface area contributed by atoms with Crippen molar-refractivity contribution < 1.29 is 4.79 Å². The lowest BCUT2D eigenvalue weighted by atomic mass is 10.1. The van der Waals surface area contributed by atoms with Crippen LogP contribution >= 0.6 is 0 Å². The molecule has 1 aliphatic heterocycles. The average molecular weight is 325 g/mol. The first kappa shape index (κ1) is 16.2. The Balaban J connectivity index is 1.80. The molecule has 0 spiro atoms. The molecule has 0 radical (unpaired) electrons. The van der Waals surface area contributed by atoms with Crippen LogP contribution in [0.5, 0.6) is 0 Å². The van der Waals surface area contributed by atoms with Crippen molar-refractivity contribution in [3.63, 3.8) is 0 Å². The molecule has 6 nitrogen and oxygen atoms in total. The molecule has 2 heterocycles. The highest BCUT2D eigenvalue weighted by molar-refractivity contribution is 5.94. The lowest BCUT2D eigenvalue weighted by Crippen LogP contribution is -2.26. The molecule has 3 rings (SSSR count). The van der Waals surface area contributed by atoms with Gasteiger partial charge in [-0.25, -0.2) is 9.97 Å². The van der Waals surface area contributed by atoms with E-state index in [0.717, 1.165) is 24.6 Å². The summed E-state index contributed by atoms with van der Waals surface area (Å²) in [5.74, 6) is 1.45. The van der Waals surface area contributed by atoms with E-state index >= 15 is 0 Å². The normalized spacial score (nSPS) is 15.0. The number of carbonyl (C=O) groups excluding carboxylic acids is 1. The zero-order valence-corrected chi connectivity index (χ0v) is 14.0. The van der Waals surface area contributed by atoms with E-state index in [0.29, 0.717) is 17.1 Å². The summed E-state index contributed by atoms with van der Waals surface area (Å²) in [6, 6.07) is 7.28. The SMILES string of the molecule is CC(=O)c1ccc(Nc2ncnc(N3CCCCCC3)c2N)cc1. The molecule has 2 aromatic rings. The second-order valence-corrected chi connectivity index (χ2v) is 6.12. The summed E-state index contributed by atoms with van der Waals surface area (Å²) in [6.07, 6.45) is 6.39. The third-order valence-corrected chi connectivity index (χ3v) is 4.32. The number of hydrogen-bond donors (Lipinski definition) is 2. The van der Waals surface area contributed by atoms with Crippen molar-refractivity contribution in [1.82, 2.24) is 9.97 Å². The molecule has 1 aromatic carbocycles. The van der Waals surface area contributed by atoms with E-state index in [2.05, 4.69) is 20.2 Å². The zero-order valence-electron chi connectivity index (χ0n) is 14.0. The van der Waals surface area contributed by atoms with E-state index in [1.807, 2.05) is 12.1 Å². The third-order valence-electron chi connectivity index (χ3n) is 4.32. The van der Waals surface area contributed by atoms with Gasteiger partial charge in [0.15, 0.2) is 17.4 Å². The van der Waals surface area contributed by atoms with Gasteiger partial charge in [-0.15, -0.1) is 0 Å². The van der Waals surface area contributed by atoms with Gasteiger partial charge in [0.1, 0.15) is 12.0 Å². The molecule has 0 saturated carbocycles. The number of rotatable bonds is 4. The number of carbonyl (C=O) groups is 1. The number of benzene rings is 1. The molecule has 6 heteroatoms. The van der Waals surface area contributed by atoms with Crippen LogP contribution in [0, 0.1) is 0 Å². The number of nitrogen functional groups attached to an aromatic ring is 1. The topological polar surface area (TPSA) is 84.1 Å². The van der Waals surface area contributed by atoms with Crippen molar-refractivity contribution in [2.45, 2.75) is 32.6 Å². The fourth-order valence-electron chi connectivity index (χ4n) is 2.95. The van der Waals surface area contributed by atoms with Crippen LogP contribution in [0.3, 0.4) is 0 Å². The van der Waals surface area contributed by atoms with Gasteiger partial charge in [-0.05, 0) is 44.0 Å². The molecule has 1 fully saturated rings. The zero-order chi connectivity index (χ0) is 16.9. The van der Waals surface area contributed by atoms with Crippen LogP contribution in [0.4, 0.5) is 23.0 Å². The Morgan fingerprint density at radius 2 is 1.75 bits per heavy atom. The number of nitrogens with zero attached hydrogens (tertiary/aromatic N) is 3. The Kier molecular flexibility index (Phi) is 4.93. The molecule has 0 aliphatic carbocycles. The quantitative estimate of drug-likeness (QED) is 0.838. The smallest absolute Gasteiger partial charge is 0.159 e. The predicted molar refractivity (Wildman–Crippen MR) is 96.9 cm³/mol. The Bertz CT molecular complexity index is 706. The highest BCUT2D eigenvalue weighted by Gasteiger charge is 2.16. The molecule has 3 N–H and O–H groups in total. The fraction of sp³-hybridized carbons (Fsp3) is 0.389. The molecular weight excluding hydrogens is 302 g/mol. The second kappa shape index (κ2) is 7.29. The van der Waals surface area contributed by atoms with Crippen molar-refractivity contribution in [3.8, 4) is 0 Å². The van der Waals surface area contributed by atoms with Gasteiger partial charge in [-0.2, -0.15) is 0 Å². The number of nitrogens with one attached hydrogen (secondary N) is 1. The molecular formula is C18H23N5O. The van der Waals surface area contributed by atoms with Crippen molar-refractivity contribution in [2.75, 3.05) is 29.0 Å². The Morgan fingerprint density at radius 1 is 1.08 bits per heavy atom. The first-order chi connectivity index (χ1) is 11.6. The molecule has 1 aromatic heterocycles. The molecule has 0 amide bonds. The van der Waals surface area contributed by atoms with E-state index in [1.165, 1.54) is 25.7 Å². The van der Waals surface area contributed by atoms with E-state index in [-0.39, 0.29) is 5.78 Å². The van der Waals surface area contributed by atoms with Crippen LogP contribution in [-0.4, -0.2) is 28.8 Å². The van der Waals surface area contributed by atoms with Gasteiger partial charge in [0.2, 0.25) is 0 Å². The van der Waals surface area contributed by atoms with E-state index in [4.69, 9.17) is 5.73 Å². The summed E-state index contributed by atoms with van der Waals surface area (Å²) in [6.45, 7) is 3.51. The summed E-state index contributed by atoms with van der Waals surface area (Å²) in [7, 11) is 0. The van der Waals surface area contributed by atoms with Gasteiger partial charge in [-0.3, -0.25) is 4.79 Å². The highest BCUT2D eigenvalue weighted by atomic mass is 16.1. The average Bonchev–Trinajstić information content (AvgIpc) is 2.86. The maximum absolute atomic E-state index is 11.4. The first-order valence-corrected chi connectivity index (χ1v) is 8.38. The molecule has 1 aliphatic rings. The van der Waals surface area contributed by atoms with Gasteiger partial charge >= 0.3 is 0 Å². The summed E-state index contributed by atoms with van der Waals surface area (Å²) in [4.78, 5) is 22.3. The Hall–Kier alpha value is -2.63. The largest absolute Gasteiger partial charge is 0.393 e. The molecule has 24 heavy (non-hydrogen) atoms. The predicted octanol–water partition coefficient (Wildman–Crippen LogP) is 3.39. The van der Waals surface area contributed by atoms with Crippen molar-refractivity contribution in [2.24, 2.45) is 0 Å². The van der Waals surface area contributed by atoms with Crippen molar-refractivity contribution in [3.05, 3.63) is 36.2 Å². The molecule has 0 atom stereocenters. The number of hydrogen-bond acceptors (Lipinski definition) is 6. The molecule has 0 bridgehead atoms. The van der Waals surface area contributed by atoms with Gasteiger partial charge in [0.25, 0.3) is 0 Å². The van der Waals surface area contributed by atoms with Gasteiger partial charge in [0, 0.05) is 24.3 Å². The Labute approximate surface area is 142 Å². The van der Waals surface area contributed by atoms with Crippen LogP contribution in [0.15, 0.2) is 30.6 Å². The summed E-state index contributed by atoms with van der Waals surface area (Å²) in [5.41, 5.74) is 8.39. The minimum absolute atomic E-state index is 0.0477. The van der Waals surface area contributed by atoms with Crippen LogP contribution in [0.2, 0.25) is 0 Å². The lowest BCUT2D eigenvalue weighted by Gasteiger charge is -2.23. The maximum atomic E-state index is 11.4. The molecule has 0 unspecified atom stereocenters. The van der Waals surface area contributed by atoms with Crippen LogP contribution in [0.25, 0.3) is 0 Å². The molecule has 126 valence electrons. The minimum Gasteiger partial charge on any atom is -0.393 e. The first-order valence-electron chi connectivity index (χ1n) is 8.38. The maximum Gasteiger partial charge on any atom is 0.159 e. The van der Waals surface area contributed by atoms with Crippen molar-refractivity contribution in [1.29, 1.82) is 0 Å². The summed E-state index contributed by atoms with van der Waals surface area (Å²) in [5, 5.41) is 3.22. The van der Waals surface area contributed by atoms with E-state index < -0.39 is 0 Å². The highest BCUT2D eigenvalue weighted by Crippen LogP contribution is 2.29. The van der Waals surface area contributed by atoms with Gasteiger partial charge in [-0.1, -0.05) is 12.8 Å². The fourth-order valence-corrected chi connectivity index (χ4v) is 2.95. The molecule has 1 saturated heterocycles. The van der Waals surface area contributed by atoms with Gasteiger partial charge in [0.05, 0.1) is 0 Å². The minimum atomic E-state index is 0.0477. The van der Waals surface area contributed by atoms with Gasteiger partial charge < -0.3 is 16.0 Å². The standard InChI is InChI=1S/C18H23N5O/c1-13(24)14-6-8-15(9-7-14)22-17-16(19)18(21-12-20-17)23-10-4-2-3-5-11-23/h6-9,12H,2-5,10-11,19H2,1H3,(H,20,21,22). The monoisotopic (exact) mass is 325 g/mol. The van der Waals surface area contributed by atoms with Crippen LogP contribution in [0.1, 0.15) is 43.0 Å². The van der Waals surface area contributed by atoms with Crippen molar-refractivity contribution >= 4 is 28.8 Å². The van der Waals surface area contributed by atoms with Crippen LogP contribution < -0.4 is 16.0 Å². The second-order valence-electron chi connectivity index (χ2n) is 6.12. The number of nitrogens with two attached hydrogens (primary N) is 1. The number of Topliss-reactive ketones (excluding diaryl/α,β-unsaturated/α-hetero) is 1.